The molecule has 0 bridgehead atoms. The quantitative estimate of drug-likeness (QED) is 0.198. The van der Waals surface area contributed by atoms with Gasteiger partial charge < -0.3 is 15.0 Å². The minimum Gasteiger partial charge on any atom is -0.550 e. The zero-order chi connectivity index (χ0) is 17.3. The topological polar surface area (TPSA) is 92.7 Å². The van der Waals surface area contributed by atoms with Crippen molar-refractivity contribution >= 4 is 11.9 Å². The molecule has 0 rings (SSSR count). The molecule has 0 aromatic rings. The van der Waals surface area contributed by atoms with Crippen LogP contribution in [0.2, 0.25) is 0 Å². The Hall–Kier alpha value is -0.140. The fourth-order valence-electron chi connectivity index (χ4n) is 2.40. The van der Waals surface area contributed by atoms with Gasteiger partial charge in [-0.25, -0.2) is 5.01 Å². The number of carbonyl (C=O) groups excluding carboxylic acids is 2. The molecule has 0 aromatic carbocycles. The number of aliphatic hydroxyl groups is 1. The van der Waals surface area contributed by atoms with Crippen LogP contribution in [-0.2, 0) is 9.59 Å². The van der Waals surface area contributed by atoms with E-state index in [-0.39, 0.29) is 61.6 Å². The molecule has 0 radical (unpaired) electrons. The van der Waals surface area contributed by atoms with Gasteiger partial charge in [-0.2, -0.15) is 0 Å². The van der Waals surface area contributed by atoms with E-state index in [9.17, 15) is 14.7 Å². The second kappa shape index (κ2) is 19.2. The molecule has 1 amide bonds. The van der Waals surface area contributed by atoms with Crippen LogP contribution in [0.15, 0.2) is 0 Å². The number of amides is 1. The molecular weight excluding hydrogens is 319 g/mol. The number of hydrazine groups is 1. The molecule has 0 saturated heterocycles. The SMILES string of the molecule is CCCCCCCCCCCC(=O)NN(CCO)CCC(=O)[O-].[Na+]. The number of carboxylic acid groups (broad SMARTS) is 1. The Bertz CT molecular complexity index is 317. The summed E-state index contributed by atoms with van der Waals surface area (Å²) in [6.45, 7) is 2.44. The third-order valence-corrected chi connectivity index (χ3v) is 3.75. The summed E-state index contributed by atoms with van der Waals surface area (Å²) in [7, 11) is 0. The van der Waals surface area contributed by atoms with Gasteiger partial charge in [0.05, 0.1) is 6.61 Å². The minimum atomic E-state index is -1.17. The molecule has 0 atom stereocenters. The molecule has 0 heterocycles. The molecule has 0 spiro atoms. The Kier molecular flexibility index (Phi) is 20.9. The second-order valence-corrected chi connectivity index (χ2v) is 5.95. The maximum atomic E-state index is 11.8. The van der Waals surface area contributed by atoms with E-state index in [0.717, 1.165) is 19.3 Å². The summed E-state index contributed by atoms with van der Waals surface area (Å²) in [6.07, 6.45) is 11.0. The van der Waals surface area contributed by atoms with Crippen molar-refractivity contribution in [2.45, 2.75) is 77.6 Å². The van der Waals surface area contributed by atoms with Crippen molar-refractivity contribution in [2.24, 2.45) is 0 Å². The first kappa shape index (κ1) is 26.1. The summed E-state index contributed by atoms with van der Waals surface area (Å²) in [4.78, 5) is 22.2. The van der Waals surface area contributed by atoms with Crippen LogP contribution in [0.1, 0.15) is 77.6 Å². The first-order valence-electron chi connectivity index (χ1n) is 8.95. The number of hydrogen-bond acceptors (Lipinski definition) is 5. The van der Waals surface area contributed by atoms with E-state index in [4.69, 9.17) is 5.11 Å². The van der Waals surface area contributed by atoms with E-state index in [1.54, 1.807) is 0 Å². The number of nitrogens with zero attached hydrogens (tertiary/aromatic N) is 1. The Morgan fingerprint density at radius 2 is 1.46 bits per heavy atom. The summed E-state index contributed by atoms with van der Waals surface area (Å²) in [5.74, 6) is -1.29. The fourth-order valence-corrected chi connectivity index (χ4v) is 2.40. The average molecular weight is 352 g/mol. The predicted molar refractivity (Wildman–Crippen MR) is 88.3 cm³/mol. The maximum absolute atomic E-state index is 11.8. The Morgan fingerprint density at radius 1 is 0.917 bits per heavy atom. The van der Waals surface area contributed by atoms with Gasteiger partial charge in [-0.1, -0.05) is 58.3 Å². The number of unbranched alkanes of at least 4 members (excludes halogenated alkanes) is 8. The first-order valence-corrected chi connectivity index (χ1v) is 8.95. The normalized spacial score (nSPS) is 10.5. The zero-order valence-electron chi connectivity index (χ0n) is 15.5. The predicted octanol–water partition coefficient (Wildman–Crippen LogP) is -1.62. The van der Waals surface area contributed by atoms with Crippen LogP contribution in [0.25, 0.3) is 0 Å². The summed E-state index contributed by atoms with van der Waals surface area (Å²) in [6, 6.07) is 0. The van der Waals surface area contributed by atoms with Gasteiger partial charge >= 0.3 is 29.6 Å². The fraction of sp³-hybridized carbons (Fsp3) is 0.882. The van der Waals surface area contributed by atoms with Crippen molar-refractivity contribution < 1.29 is 49.4 Å². The molecule has 0 aliphatic carbocycles. The van der Waals surface area contributed by atoms with E-state index >= 15 is 0 Å². The van der Waals surface area contributed by atoms with Gasteiger partial charge in [-0.15, -0.1) is 0 Å². The van der Waals surface area contributed by atoms with Gasteiger partial charge in [-0.3, -0.25) is 10.2 Å². The van der Waals surface area contributed by atoms with Gasteiger partial charge in [-0.05, 0) is 6.42 Å². The average Bonchev–Trinajstić information content (AvgIpc) is 2.51. The van der Waals surface area contributed by atoms with E-state index in [1.807, 2.05) is 0 Å². The van der Waals surface area contributed by atoms with Crippen LogP contribution in [0, 0.1) is 0 Å². The molecular formula is C17H33N2NaO4. The Labute approximate surface area is 168 Å². The number of aliphatic carboxylic acids is 1. The monoisotopic (exact) mass is 352 g/mol. The minimum absolute atomic E-state index is 0. The van der Waals surface area contributed by atoms with Crippen LogP contribution in [-0.4, -0.2) is 41.7 Å². The first-order chi connectivity index (χ1) is 11.1. The standard InChI is InChI=1S/C17H34N2O4.Na/c1-2-3-4-5-6-7-8-9-10-11-16(21)18-19(14-15-20)13-12-17(22)23;/h20H,2-15H2,1H3,(H,18,21)(H,22,23);/q;+1/p-1. The molecule has 6 nitrogen and oxygen atoms in total. The maximum Gasteiger partial charge on any atom is 1.00 e. The summed E-state index contributed by atoms with van der Waals surface area (Å²) < 4.78 is 0. The smallest absolute Gasteiger partial charge is 0.550 e. The van der Waals surface area contributed by atoms with Gasteiger partial charge in [0.25, 0.3) is 0 Å². The molecule has 0 fully saturated rings. The molecule has 24 heavy (non-hydrogen) atoms. The summed E-state index contributed by atoms with van der Waals surface area (Å²) in [5, 5.41) is 20.8. The zero-order valence-corrected chi connectivity index (χ0v) is 17.5. The number of carboxylic acids is 1. The molecule has 7 heteroatoms. The third kappa shape index (κ3) is 18.2. The Balaban J connectivity index is 0. The number of hydrogen-bond donors (Lipinski definition) is 2. The van der Waals surface area contributed by atoms with E-state index in [2.05, 4.69) is 12.3 Å². The number of aliphatic hydroxyl groups excluding tert-OH is 1. The molecule has 0 aromatic heterocycles. The van der Waals surface area contributed by atoms with Crippen LogP contribution in [0.3, 0.4) is 0 Å². The molecule has 0 aliphatic rings. The molecule has 0 saturated carbocycles. The molecule has 136 valence electrons. The van der Waals surface area contributed by atoms with Crippen LogP contribution in [0.4, 0.5) is 0 Å². The van der Waals surface area contributed by atoms with Gasteiger partial charge in [0.1, 0.15) is 0 Å². The van der Waals surface area contributed by atoms with Crippen molar-refractivity contribution in [1.82, 2.24) is 10.4 Å². The van der Waals surface area contributed by atoms with Crippen LogP contribution >= 0.6 is 0 Å². The molecule has 0 unspecified atom stereocenters. The van der Waals surface area contributed by atoms with Crippen molar-refractivity contribution in [2.75, 3.05) is 19.7 Å². The molecule has 2 N–H and O–H groups in total. The van der Waals surface area contributed by atoms with Crippen molar-refractivity contribution in [1.29, 1.82) is 0 Å². The van der Waals surface area contributed by atoms with E-state index < -0.39 is 5.97 Å². The van der Waals surface area contributed by atoms with Crippen molar-refractivity contribution in [3.05, 3.63) is 0 Å². The Morgan fingerprint density at radius 3 is 1.96 bits per heavy atom. The van der Waals surface area contributed by atoms with Crippen LogP contribution < -0.4 is 40.1 Å². The van der Waals surface area contributed by atoms with Gasteiger partial charge in [0.2, 0.25) is 5.91 Å². The van der Waals surface area contributed by atoms with Crippen molar-refractivity contribution in [3.8, 4) is 0 Å². The number of rotatable bonds is 16. The summed E-state index contributed by atoms with van der Waals surface area (Å²) >= 11 is 0. The van der Waals surface area contributed by atoms with Gasteiger partial charge in [0.15, 0.2) is 0 Å². The second-order valence-electron chi connectivity index (χ2n) is 5.95. The third-order valence-electron chi connectivity index (χ3n) is 3.75. The van der Waals surface area contributed by atoms with Crippen molar-refractivity contribution in [3.63, 3.8) is 0 Å². The summed E-state index contributed by atoms with van der Waals surface area (Å²) in [5.41, 5.74) is 2.64. The molecule has 0 aliphatic heterocycles. The largest absolute Gasteiger partial charge is 1.00 e. The number of carbonyl (C=O) groups is 2. The van der Waals surface area contributed by atoms with Crippen LogP contribution in [0.5, 0.6) is 0 Å². The van der Waals surface area contributed by atoms with Gasteiger partial charge in [0, 0.05) is 31.9 Å². The van der Waals surface area contributed by atoms with E-state index in [1.165, 1.54) is 43.5 Å². The number of nitrogens with one attached hydrogen (secondary N) is 1. The van der Waals surface area contributed by atoms with E-state index in [0.29, 0.717) is 6.42 Å².